The van der Waals surface area contributed by atoms with Crippen molar-refractivity contribution in [1.29, 1.82) is 0 Å². The molecule has 1 aliphatic rings. The van der Waals surface area contributed by atoms with Crippen LogP contribution in [0, 0.1) is 5.92 Å². The van der Waals surface area contributed by atoms with Gasteiger partial charge in [0.25, 0.3) is 0 Å². The molecular formula is C14H24. The van der Waals surface area contributed by atoms with E-state index in [1.165, 1.54) is 38.5 Å². The largest absolute Gasteiger partial charge is 0.0882 e. The summed E-state index contributed by atoms with van der Waals surface area (Å²) in [5.41, 5.74) is 3.43. The van der Waals surface area contributed by atoms with Crippen LogP contribution in [0.15, 0.2) is 23.3 Å². The Bertz CT molecular complexity index is 216. The van der Waals surface area contributed by atoms with Crippen LogP contribution in [-0.4, -0.2) is 0 Å². The molecule has 0 spiro atoms. The van der Waals surface area contributed by atoms with Gasteiger partial charge in [-0.2, -0.15) is 0 Å². The molecule has 0 saturated heterocycles. The van der Waals surface area contributed by atoms with Gasteiger partial charge in [-0.3, -0.25) is 0 Å². The summed E-state index contributed by atoms with van der Waals surface area (Å²) >= 11 is 0. The summed E-state index contributed by atoms with van der Waals surface area (Å²) < 4.78 is 0. The molecule has 0 atom stereocenters. The normalized spacial score (nSPS) is 18.6. The molecule has 0 nitrogen and oxygen atoms in total. The van der Waals surface area contributed by atoms with Gasteiger partial charge in [0.05, 0.1) is 0 Å². The molecule has 0 unspecified atom stereocenters. The maximum Gasteiger partial charge on any atom is -0.0206 e. The van der Waals surface area contributed by atoms with Crippen LogP contribution in [0.1, 0.15) is 59.3 Å². The smallest absolute Gasteiger partial charge is 0.0206 e. The molecule has 0 radical (unpaired) electrons. The minimum Gasteiger partial charge on any atom is -0.0882 e. The van der Waals surface area contributed by atoms with Crippen LogP contribution >= 0.6 is 0 Å². The van der Waals surface area contributed by atoms with Gasteiger partial charge >= 0.3 is 0 Å². The molecule has 0 fully saturated rings. The van der Waals surface area contributed by atoms with Crippen molar-refractivity contribution >= 4 is 0 Å². The van der Waals surface area contributed by atoms with Crippen LogP contribution in [0.25, 0.3) is 0 Å². The van der Waals surface area contributed by atoms with Crippen molar-refractivity contribution in [2.75, 3.05) is 0 Å². The minimum atomic E-state index is 0.849. The Morgan fingerprint density at radius 2 is 1.64 bits per heavy atom. The summed E-state index contributed by atoms with van der Waals surface area (Å²) in [5.74, 6) is 0.849. The third-order valence-corrected chi connectivity index (χ3v) is 3.46. The maximum absolute atomic E-state index is 2.36. The molecule has 0 aromatic heterocycles. The number of hydrogen-bond donors (Lipinski definition) is 0. The Kier molecular flexibility index (Phi) is 5.00. The van der Waals surface area contributed by atoms with Crippen LogP contribution in [-0.2, 0) is 0 Å². The fourth-order valence-corrected chi connectivity index (χ4v) is 2.48. The van der Waals surface area contributed by atoms with Gasteiger partial charge < -0.3 is 0 Å². The lowest BCUT2D eigenvalue weighted by Gasteiger charge is -2.21. The molecule has 1 rings (SSSR count). The zero-order valence-electron chi connectivity index (χ0n) is 9.97. The zero-order valence-corrected chi connectivity index (χ0v) is 9.97. The average Bonchev–Trinajstić information content (AvgIpc) is 2.18. The predicted octanol–water partition coefficient (Wildman–Crippen LogP) is 4.87. The Morgan fingerprint density at radius 3 is 2.21 bits per heavy atom. The fraction of sp³-hybridized carbons (Fsp3) is 0.714. The molecule has 0 heterocycles. The van der Waals surface area contributed by atoms with E-state index in [9.17, 15) is 0 Å². The van der Waals surface area contributed by atoms with Crippen molar-refractivity contribution < 1.29 is 0 Å². The molecule has 0 heteroatoms. The van der Waals surface area contributed by atoms with Crippen molar-refractivity contribution in [3.05, 3.63) is 23.3 Å². The second-order valence-corrected chi connectivity index (χ2v) is 4.37. The van der Waals surface area contributed by atoms with E-state index in [-0.39, 0.29) is 0 Å². The van der Waals surface area contributed by atoms with Crippen molar-refractivity contribution in [3.63, 3.8) is 0 Å². The fourth-order valence-electron chi connectivity index (χ4n) is 2.48. The van der Waals surface area contributed by atoms with E-state index >= 15 is 0 Å². The van der Waals surface area contributed by atoms with E-state index < -0.39 is 0 Å². The highest BCUT2D eigenvalue weighted by atomic mass is 14.2. The average molecular weight is 192 g/mol. The van der Waals surface area contributed by atoms with Crippen LogP contribution in [0.2, 0.25) is 0 Å². The van der Waals surface area contributed by atoms with Crippen molar-refractivity contribution in [3.8, 4) is 0 Å². The third-order valence-electron chi connectivity index (χ3n) is 3.46. The van der Waals surface area contributed by atoms with Gasteiger partial charge in [0.15, 0.2) is 0 Å². The lowest BCUT2D eigenvalue weighted by atomic mass is 9.85. The molecule has 0 aromatic carbocycles. The second-order valence-electron chi connectivity index (χ2n) is 4.37. The summed E-state index contributed by atoms with van der Waals surface area (Å²) in [7, 11) is 0. The van der Waals surface area contributed by atoms with Gasteiger partial charge in [-0.15, -0.1) is 0 Å². The van der Waals surface area contributed by atoms with E-state index in [0.717, 1.165) is 5.92 Å². The molecule has 0 amide bonds. The molecular weight excluding hydrogens is 168 g/mol. The number of hydrogen-bond acceptors (Lipinski definition) is 0. The molecule has 1 aliphatic carbocycles. The summed E-state index contributed by atoms with van der Waals surface area (Å²) in [4.78, 5) is 0. The first-order valence-corrected chi connectivity index (χ1v) is 6.13. The maximum atomic E-state index is 2.36. The van der Waals surface area contributed by atoms with Crippen LogP contribution in [0.3, 0.4) is 0 Å². The highest BCUT2D eigenvalue weighted by Gasteiger charge is 2.13. The quantitative estimate of drug-likeness (QED) is 0.560. The summed E-state index contributed by atoms with van der Waals surface area (Å²) in [5, 5.41) is 0. The second kappa shape index (κ2) is 6.06. The Hall–Kier alpha value is -0.520. The molecule has 0 aromatic rings. The first kappa shape index (κ1) is 11.6. The standard InChI is InChI=1S/C14H24/c1-4-13(5-2)14-11-9-7-6-8-10-12(14)3/h6-7,13H,4-5,8-11H2,1-3H3. The summed E-state index contributed by atoms with van der Waals surface area (Å²) in [6, 6.07) is 0. The molecule has 14 heavy (non-hydrogen) atoms. The molecule has 0 saturated carbocycles. The van der Waals surface area contributed by atoms with Gasteiger partial charge in [0, 0.05) is 0 Å². The number of allylic oxidation sites excluding steroid dienone is 4. The molecule has 80 valence electrons. The molecule has 0 aliphatic heterocycles. The van der Waals surface area contributed by atoms with Gasteiger partial charge in [-0.25, -0.2) is 0 Å². The first-order chi connectivity index (χ1) is 6.79. The van der Waals surface area contributed by atoms with Crippen LogP contribution < -0.4 is 0 Å². The van der Waals surface area contributed by atoms with Crippen molar-refractivity contribution in [2.45, 2.75) is 59.3 Å². The van der Waals surface area contributed by atoms with Crippen molar-refractivity contribution in [1.82, 2.24) is 0 Å². The number of rotatable bonds is 3. The van der Waals surface area contributed by atoms with E-state index in [1.807, 2.05) is 0 Å². The van der Waals surface area contributed by atoms with Crippen LogP contribution in [0.4, 0.5) is 0 Å². The van der Waals surface area contributed by atoms with E-state index in [1.54, 1.807) is 11.1 Å². The zero-order chi connectivity index (χ0) is 10.4. The minimum absolute atomic E-state index is 0.849. The summed E-state index contributed by atoms with van der Waals surface area (Å²) in [6.45, 7) is 6.99. The first-order valence-electron chi connectivity index (χ1n) is 6.13. The van der Waals surface area contributed by atoms with E-state index in [2.05, 4.69) is 32.9 Å². The molecule has 0 bridgehead atoms. The third kappa shape index (κ3) is 3.01. The SMILES string of the molecule is CCC(CC)C1=C(C)CCC=CCC1. The van der Waals surface area contributed by atoms with Gasteiger partial charge in [-0.1, -0.05) is 37.1 Å². The van der Waals surface area contributed by atoms with E-state index in [0.29, 0.717) is 0 Å². The Balaban J connectivity index is 2.74. The van der Waals surface area contributed by atoms with Gasteiger partial charge in [0.2, 0.25) is 0 Å². The lowest BCUT2D eigenvalue weighted by molar-refractivity contribution is 0.540. The Labute approximate surface area is 89.1 Å². The highest BCUT2D eigenvalue weighted by Crippen LogP contribution is 2.29. The van der Waals surface area contributed by atoms with Crippen LogP contribution in [0.5, 0.6) is 0 Å². The highest BCUT2D eigenvalue weighted by molar-refractivity contribution is 5.18. The topological polar surface area (TPSA) is 0 Å². The van der Waals surface area contributed by atoms with E-state index in [4.69, 9.17) is 0 Å². The Morgan fingerprint density at radius 1 is 1.07 bits per heavy atom. The van der Waals surface area contributed by atoms with Crippen molar-refractivity contribution in [2.24, 2.45) is 5.92 Å². The lowest BCUT2D eigenvalue weighted by Crippen LogP contribution is -2.05. The predicted molar refractivity (Wildman–Crippen MR) is 64.4 cm³/mol. The molecule has 0 N–H and O–H groups in total. The summed E-state index contributed by atoms with van der Waals surface area (Å²) in [6.07, 6.45) is 12.4. The van der Waals surface area contributed by atoms with Gasteiger partial charge in [-0.05, 0) is 51.4 Å². The monoisotopic (exact) mass is 192 g/mol. The van der Waals surface area contributed by atoms with Gasteiger partial charge in [0.1, 0.15) is 0 Å².